The molecule has 0 radical (unpaired) electrons. The fourth-order valence-electron chi connectivity index (χ4n) is 1.52. The Kier molecular flexibility index (Phi) is 3.35. The molecule has 0 fully saturated rings. The van der Waals surface area contributed by atoms with E-state index in [1.807, 2.05) is 31.2 Å². The fraction of sp³-hybridized carbons (Fsp3) is 0.0769. The van der Waals surface area contributed by atoms with E-state index in [9.17, 15) is 0 Å². The minimum absolute atomic E-state index is 0.375. The predicted octanol–water partition coefficient (Wildman–Crippen LogP) is 2.77. The number of aromatic nitrogens is 1. The Labute approximate surface area is 106 Å². The average Bonchev–Trinajstić information content (AvgIpc) is 2.29. The molecule has 0 spiro atoms. The maximum absolute atomic E-state index is 5.58. The minimum atomic E-state index is 0.375. The topological polar surface area (TPSA) is 50.9 Å². The van der Waals surface area contributed by atoms with Crippen molar-refractivity contribution in [2.24, 2.45) is 5.73 Å². The third kappa shape index (κ3) is 3.01. The van der Waals surface area contributed by atoms with Crippen molar-refractivity contribution in [3.05, 3.63) is 53.7 Å². The largest absolute Gasteiger partial charge is 0.389 e. The van der Waals surface area contributed by atoms with Crippen molar-refractivity contribution in [2.45, 2.75) is 6.92 Å². The zero-order valence-electron chi connectivity index (χ0n) is 9.47. The zero-order valence-corrected chi connectivity index (χ0v) is 10.3. The van der Waals surface area contributed by atoms with Gasteiger partial charge in [0.1, 0.15) is 10.8 Å². The van der Waals surface area contributed by atoms with Gasteiger partial charge in [0.15, 0.2) is 0 Å². The highest BCUT2D eigenvalue weighted by atomic mass is 32.1. The highest BCUT2D eigenvalue weighted by Gasteiger charge is 2.00. The molecule has 2 aromatic rings. The van der Waals surface area contributed by atoms with Crippen molar-refractivity contribution in [2.75, 3.05) is 5.32 Å². The van der Waals surface area contributed by atoms with Crippen LogP contribution in [0.4, 0.5) is 11.5 Å². The molecule has 2 rings (SSSR count). The van der Waals surface area contributed by atoms with Crippen molar-refractivity contribution >= 4 is 28.7 Å². The third-order valence-electron chi connectivity index (χ3n) is 2.33. The van der Waals surface area contributed by atoms with Crippen molar-refractivity contribution in [1.29, 1.82) is 0 Å². The molecule has 86 valence electrons. The van der Waals surface area contributed by atoms with Gasteiger partial charge in [-0.15, -0.1) is 0 Å². The van der Waals surface area contributed by atoms with Gasteiger partial charge in [-0.3, -0.25) is 0 Å². The van der Waals surface area contributed by atoms with Crippen LogP contribution >= 0.6 is 12.2 Å². The first-order chi connectivity index (χ1) is 8.15. The standard InChI is InChI=1S/C13H13N3S/c1-9-3-2-4-11(7-9)16-12-8-10(13(14)17)5-6-15-12/h2-8H,1H3,(H2,14,17)(H,15,16). The molecule has 0 aliphatic rings. The second-order valence-corrected chi connectivity index (χ2v) is 4.23. The van der Waals surface area contributed by atoms with E-state index in [4.69, 9.17) is 18.0 Å². The van der Waals surface area contributed by atoms with Crippen LogP contribution in [0.15, 0.2) is 42.6 Å². The van der Waals surface area contributed by atoms with Crippen LogP contribution in [-0.2, 0) is 0 Å². The molecule has 4 heteroatoms. The monoisotopic (exact) mass is 243 g/mol. The fourth-order valence-corrected chi connectivity index (χ4v) is 1.65. The summed E-state index contributed by atoms with van der Waals surface area (Å²) >= 11 is 4.93. The molecule has 1 heterocycles. The van der Waals surface area contributed by atoms with E-state index in [2.05, 4.69) is 16.4 Å². The first-order valence-electron chi connectivity index (χ1n) is 5.25. The lowest BCUT2D eigenvalue weighted by Gasteiger charge is -2.07. The molecule has 1 aromatic heterocycles. The summed E-state index contributed by atoms with van der Waals surface area (Å²) in [5.74, 6) is 0.737. The van der Waals surface area contributed by atoms with Gasteiger partial charge in [-0.05, 0) is 36.8 Å². The Morgan fingerprint density at radius 3 is 2.82 bits per heavy atom. The summed E-state index contributed by atoms with van der Waals surface area (Å²) in [4.78, 5) is 4.60. The van der Waals surface area contributed by atoms with Crippen LogP contribution in [-0.4, -0.2) is 9.97 Å². The number of thiocarbonyl (C=S) groups is 1. The van der Waals surface area contributed by atoms with Crippen LogP contribution in [0.1, 0.15) is 11.1 Å². The van der Waals surface area contributed by atoms with Gasteiger partial charge in [0.25, 0.3) is 0 Å². The van der Waals surface area contributed by atoms with E-state index in [-0.39, 0.29) is 0 Å². The van der Waals surface area contributed by atoms with Gasteiger partial charge in [0, 0.05) is 17.4 Å². The number of nitrogens with one attached hydrogen (secondary N) is 1. The Balaban J connectivity index is 2.24. The van der Waals surface area contributed by atoms with Gasteiger partial charge >= 0.3 is 0 Å². The molecule has 17 heavy (non-hydrogen) atoms. The zero-order chi connectivity index (χ0) is 12.3. The molecule has 0 atom stereocenters. The lowest BCUT2D eigenvalue weighted by molar-refractivity contribution is 1.30. The van der Waals surface area contributed by atoms with Gasteiger partial charge in [-0.1, -0.05) is 24.4 Å². The summed E-state index contributed by atoms with van der Waals surface area (Å²) in [6.45, 7) is 2.05. The van der Waals surface area contributed by atoms with Gasteiger partial charge in [0.2, 0.25) is 0 Å². The van der Waals surface area contributed by atoms with Crippen LogP contribution in [0, 0.1) is 6.92 Å². The molecule has 1 aromatic carbocycles. The first kappa shape index (κ1) is 11.5. The van der Waals surface area contributed by atoms with E-state index >= 15 is 0 Å². The number of pyridine rings is 1. The van der Waals surface area contributed by atoms with Crippen LogP contribution < -0.4 is 11.1 Å². The highest BCUT2D eigenvalue weighted by molar-refractivity contribution is 7.80. The van der Waals surface area contributed by atoms with Gasteiger partial charge < -0.3 is 11.1 Å². The van der Waals surface area contributed by atoms with Crippen molar-refractivity contribution in [3.63, 3.8) is 0 Å². The normalized spacial score (nSPS) is 9.94. The lowest BCUT2D eigenvalue weighted by Crippen LogP contribution is -2.09. The van der Waals surface area contributed by atoms with E-state index in [1.54, 1.807) is 12.3 Å². The Hall–Kier alpha value is -1.94. The number of hydrogen-bond acceptors (Lipinski definition) is 3. The van der Waals surface area contributed by atoms with Crippen molar-refractivity contribution in [3.8, 4) is 0 Å². The highest BCUT2D eigenvalue weighted by Crippen LogP contribution is 2.16. The lowest BCUT2D eigenvalue weighted by atomic mass is 10.2. The maximum Gasteiger partial charge on any atom is 0.130 e. The molecule has 0 unspecified atom stereocenters. The number of rotatable bonds is 3. The number of benzene rings is 1. The molecular formula is C13H13N3S. The van der Waals surface area contributed by atoms with Gasteiger partial charge in [0.05, 0.1) is 0 Å². The number of nitrogens with zero attached hydrogens (tertiary/aromatic N) is 1. The summed E-state index contributed by atoms with van der Waals surface area (Å²) in [5.41, 5.74) is 8.58. The minimum Gasteiger partial charge on any atom is -0.389 e. The summed E-state index contributed by atoms with van der Waals surface area (Å²) in [5, 5.41) is 3.21. The van der Waals surface area contributed by atoms with Crippen LogP contribution in [0.5, 0.6) is 0 Å². The maximum atomic E-state index is 5.58. The quantitative estimate of drug-likeness (QED) is 0.814. The van der Waals surface area contributed by atoms with E-state index < -0.39 is 0 Å². The number of aryl methyl sites for hydroxylation is 1. The number of anilines is 2. The van der Waals surface area contributed by atoms with Crippen LogP contribution in [0.3, 0.4) is 0 Å². The molecule has 0 amide bonds. The van der Waals surface area contributed by atoms with Crippen molar-refractivity contribution < 1.29 is 0 Å². The molecule has 0 saturated carbocycles. The van der Waals surface area contributed by atoms with E-state index in [0.29, 0.717) is 4.99 Å². The average molecular weight is 243 g/mol. The molecular weight excluding hydrogens is 230 g/mol. The van der Waals surface area contributed by atoms with Crippen LogP contribution in [0.2, 0.25) is 0 Å². The molecule has 3 N–H and O–H groups in total. The van der Waals surface area contributed by atoms with Crippen molar-refractivity contribution in [1.82, 2.24) is 4.98 Å². The number of nitrogens with two attached hydrogens (primary N) is 1. The Bertz CT molecular complexity index is 552. The first-order valence-corrected chi connectivity index (χ1v) is 5.65. The van der Waals surface area contributed by atoms with Gasteiger partial charge in [-0.25, -0.2) is 4.98 Å². The Morgan fingerprint density at radius 1 is 1.29 bits per heavy atom. The van der Waals surface area contributed by atoms with Crippen LogP contribution in [0.25, 0.3) is 0 Å². The summed E-state index contributed by atoms with van der Waals surface area (Å²) in [6, 6.07) is 11.7. The Morgan fingerprint density at radius 2 is 2.12 bits per heavy atom. The van der Waals surface area contributed by atoms with Gasteiger partial charge in [-0.2, -0.15) is 0 Å². The molecule has 0 bridgehead atoms. The molecule has 0 aliphatic heterocycles. The second kappa shape index (κ2) is 4.93. The number of hydrogen-bond donors (Lipinski definition) is 2. The summed E-state index contributed by atoms with van der Waals surface area (Å²) in [6.07, 6.45) is 1.69. The predicted molar refractivity (Wildman–Crippen MR) is 74.6 cm³/mol. The third-order valence-corrected chi connectivity index (χ3v) is 2.57. The molecule has 0 aliphatic carbocycles. The van der Waals surface area contributed by atoms with E-state index in [0.717, 1.165) is 17.1 Å². The SMILES string of the molecule is Cc1cccc(Nc2cc(C(N)=S)ccn2)c1. The van der Waals surface area contributed by atoms with E-state index in [1.165, 1.54) is 5.56 Å². The summed E-state index contributed by atoms with van der Waals surface area (Å²) in [7, 11) is 0. The molecule has 0 saturated heterocycles. The summed E-state index contributed by atoms with van der Waals surface area (Å²) < 4.78 is 0. The molecule has 3 nitrogen and oxygen atoms in total. The second-order valence-electron chi connectivity index (χ2n) is 3.79. The smallest absolute Gasteiger partial charge is 0.130 e.